The van der Waals surface area contributed by atoms with Gasteiger partial charge in [0.1, 0.15) is 10.6 Å². The van der Waals surface area contributed by atoms with Crippen LogP contribution in [0, 0.1) is 0 Å². The molecule has 0 aromatic heterocycles. The third-order valence-corrected chi connectivity index (χ3v) is 5.09. The Kier molecular flexibility index (Phi) is 5.95. The van der Waals surface area contributed by atoms with Crippen LogP contribution < -0.4 is 15.0 Å². The molecule has 1 amide bonds. The van der Waals surface area contributed by atoms with Gasteiger partial charge in [-0.25, -0.2) is 8.42 Å². The molecular weight excluding hydrogens is 399 g/mol. The number of benzene rings is 2. The zero-order chi connectivity index (χ0) is 17.9. The van der Waals surface area contributed by atoms with Crippen molar-refractivity contribution in [3.63, 3.8) is 0 Å². The van der Waals surface area contributed by atoms with Crippen LogP contribution in [0.4, 0.5) is 0 Å². The summed E-state index contributed by atoms with van der Waals surface area (Å²) in [6.07, 6.45) is 0. The van der Waals surface area contributed by atoms with Gasteiger partial charge in [-0.1, -0.05) is 34.8 Å². The van der Waals surface area contributed by atoms with Gasteiger partial charge in [0.25, 0.3) is 15.9 Å². The van der Waals surface area contributed by atoms with E-state index in [2.05, 4.69) is 5.43 Å². The highest BCUT2D eigenvalue weighted by Crippen LogP contribution is 2.25. The topological polar surface area (TPSA) is 84.5 Å². The van der Waals surface area contributed by atoms with Crippen LogP contribution in [0.3, 0.4) is 0 Å². The molecule has 128 valence electrons. The lowest BCUT2D eigenvalue weighted by atomic mass is 10.2. The lowest BCUT2D eigenvalue weighted by Gasteiger charge is -2.12. The van der Waals surface area contributed by atoms with Gasteiger partial charge in [0, 0.05) is 10.0 Å². The largest absolute Gasteiger partial charge is 0.496 e. The molecule has 0 saturated carbocycles. The van der Waals surface area contributed by atoms with Gasteiger partial charge in [0.2, 0.25) is 0 Å². The predicted molar refractivity (Wildman–Crippen MR) is 92.3 cm³/mol. The molecule has 0 bridgehead atoms. The summed E-state index contributed by atoms with van der Waals surface area (Å²) < 4.78 is 29.5. The zero-order valence-corrected chi connectivity index (χ0v) is 15.2. The third kappa shape index (κ3) is 4.31. The molecule has 0 spiro atoms. The Morgan fingerprint density at radius 3 is 2.33 bits per heavy atom. The van der Waals surface area contributed by atoms with E-state index in [0.29, 0.717) is 5.02 Å². The summed E-state index contributed by atoms with van der Waals surface area (Å²) in [7, 11) is -2.75. The van der Waals surface area contributed by atoms with Gasteiger partial charge >= 0.3 is 0 Å². The molecule has 0 saturated heterocycles. The molecule has 0 aliphatic rings. The molecule has 0 aliphatic carbocycles. The molecule has 0 fully saturated rings. The van der Waals surface area contributed by atoms with E-state index < -0.39 is 15.9 Å². The molecule has 0 radical (unpaired) electrons. The van der Waals surface area contributed by atoms with Crippen LogP contribution in [0.1, 0.15) is 10.4 Å². The Balaban J connectivity index is 2.22. The Hall–Kier alpha value is -1.51. The Bertz CT molecular complexity index is 888. The lowest BCUT2D eigenvalue weighted by Crippen LogP contribution is -2.41. The molecule has 0 atom stereocenters. The van der Waals surface area contributed by atoms with Crippen LogP contribution >= 0.6 is 34.8 Å². The molecule has 2 N–H and O–H groups in total. The lowest BCUT2D eigenvalue weighted by molar-refractivity contribution is 0.0942. The zero-order valence-electron chi connectivity index (χ0n) is 12.1. The number of hydrogen-bond acceptors (Lipinski definition) is 4. The second-order valence-electron chi connectivity index (χ2n) is 4.48. The summed E-state index contributed by atoms with van der Waals surface area (Å²) in [5.41, 5.74) is 2.13. The van der Waals surface area contributed by atoms with E-state index in [4.69, 9.17) is 39.5 Å². The van der Waals surface area contributed by atoms with Gasteiger partial charge in [-0.3, -0.25) is 10.2 Å². The molecule has 6 nitrogen and oxygen atoms in total. The van der Waals surface area contributed by atoms with Crippen molar-refractivity contribution in [3.05, 3.63) is 57.0 Å². The number of methoxy groups -OCH3 is 1. The molecule has 2 aromatic carbocycles. The number of carbonyl (C=O) groups excluding carboxylic acids is 1. The van der Waals surface area contributed by atoms with E-state index in [1.165, 1.54) is 43.5 Å². The fourth-order valence-corrected chi connectivity index (χ4v) is 3.55. The molecule has 2 aromatic rings. The van der Waals surface area contributed by atoms with Crippen molar-refractivity contribution in [3.8, 4) is 5.75 Å². The van der Waals surface area contributed by atoms with Gasteiger partial charge in [-0.15, -0.1) is 4.83 Å². The van der Waals surface area contributed by atoms with Gasteiger partial charge < -0.3 is 4.74 Å². The SMILES string of the molecule is COc1ccc(Cl)cc1C(=O)NNS(=O)(=O)c1cc(Cl)ccc1Cl. The molecule has 0 heterocycles. The first-order valence-corrected chi connectivity index (χ1v) is 8.97. The monoisotopic (exact) mass is 408 g/mol. The van der Waals surface area contributed by atoms with Crippen molar-refractivity contribution in [2.45, 2.75) is 4.90 Å². The van der Waals surface area contributed by atoms with E-state index >= 15 is 0 Å². The first-order chi connectivity index (χ1) is 11.2. The molecule has 2 rings (SSSR count). The first-order valence-electron chi connectivity index (χ1n) is 6.35. The van der Waals surface area contributed by atoms with E-state index in [9.17, 15) is 13.2 Å². The number of ether oxygens (including phenoxy) is 1. The second-order valence-corrected chi connectivity index (χ2v) is 7.41. The average molecular weight is 410 g/mol. The maximum atomic E-state index is 12.2. The van der Waals surface area contributed by atoms with E-state index in [-0.39, 0.29) is 26.3 Å². The van der Waals surface area contributed by atoms with Crippen molar-refractivity contribution >= 4 is 50.7 Å². The molecule has 24 heavy (non-hydrogen) atoms. The minimum atomic E-state index is -4.12. The number of halogens is 3. The average Bonchev–Trinajstić information content (AvgIpc) is 2.54. The van der Waals surface area contributed by atoms with Crippen LogP contribution in [0.2, 0.25) is 15.1 Å². The van der Waals surface area contributed by atoms with E-state index in [1.54, 1.807) is 0 Å². The second kappa shape index (κ2) is 7.58. The van der Waals surface area contributed by atoms with Gasteiger partial charge in [0.15, 0.2) is 0 Å². The van der Waals surface area contributed by atoms with Crippen molar-refractivity contribution in [2.24, 2.45) is 0 Å². The van der Waals surface area contributed by atoms with Crippen LogP contribution in [0.25, 0.3) is 0 Å². The predicted octanol–water partition coefficient (Wildman–Crippen LogP) is 3.28. The number of nitrogens with one attached hydrogen (secondary N) is 2. The van der Waals surface area contributed by atoms with Crippen LogP contribution in [-0.4, -0.2) is 21.4 Å². The summed E-state index contributed by atoms with van der Waals surface area (Å²) in [5, 5.41) is 0.436. The molecule has 0 unspecified atom stereocenters. The van der Waals surface area contributed by atoms with Crippen LogP contribution in [0.15, 0.2) is 41.3 Å². The smallest absolute Gasteiger partial charge is 0.270 e. The van der Waals surface area contributed by atoms with Gasteiger partial charge in [-0.05, 0) is 36.4 Å². The van der Waals surface area contributed by atoms with Crippen LogP contribution in [-0.2, 0) is 10.0 Å². The number of hydrazine groups is 1. The summed E-state index contributed by atoms with van der Waals surface area (Å²) in [4.78, 5) is 13.8. The summed E-state index contributed by atoms with van der Waals surface area (Å²) >= 11 is 17.5. The molecule has 0 aliphatic heterocycles. The van der Waals surface area contributed by atoms with Crippen molar-refractivity contribution in [1.29, 1.82) is 0 Å². The van der Waals surface area contributed by atoms with E-state index in [1.807, 2.05) is 4.83 Å². The summed E-state index contributed by atoms with van der Waals surface area (Å²) in [5.74, 6) is -0.520. The maximum absolute atomic E-state index is 12.2. The quantitative estimate of drug-likeness (QED) is 0.742. The van der Waals surface area contributed by atoms with Crippen molar-refractivity contribution in [1.82, 2.24) is 10.3 Å². The first kappa shape index (κ1) is 18.8. The van der Waals surface area contributed by atoms with Crippen molar-refractivity contribution in [2.75, 3.05) is 7.11 Å². The van der Waals surface area contributed by atoms with Crippen molar-refractivity contribution < 1.29 is 17.9 Å². The summed E-state index contributed by atoms with van der Waals surface area (Å²) in [6, 6.07) is 8.31. The number of hydrogen-bond donors (Lipinski definition) is 2. The number of carbonyl (C=O) groups is 1. The van der Waals surface area contributed by atoms with Crippen LogP contribution in [0.5, 0.6) is 5.75 Å². The number of amides is 1. The Labute approximate surface area is 153 Å². The summed E-state index contributed by atoms with van der Waals surface area (Å²) in [6.45, 7) is 0. The third-order valence-electron chi connectivity index (χ3n) is 2.89. The minimum Gasteiger partial charge on any atom is -0.496 e. The highest BCUT2D eigenvalue weighted by molar-refractivity contribution is 7.89. The number of rotatable bonds is 5. The fourth-order valence-electron chi connectivity index (χ4n) is 1.78. The van der Waals surface area contributed by atoms with Gasteiger partial charge in [-0.2, -0.15) is 0 Å². The Morgan fingerprint density at radius 1 is 1.04 bits per heavy atom. The molecular formula is C14H11Cl3N2O4S. The highest BCUT2D eigenvalue weighted by atomic mass is 35.5. The highest BCUT2D eigenvalue weighted by Gasteiger charge is 2.21. The standard InChI is InChI=1S/C14H11Cl3N2O4S/c1-23-12-5-3-8(15)6-10(12)14(20)18-19-24(21,22)13-7-9(16)2-4-11(13)17/h2-7,19H,1H3,(H,18,20). The Morgan fingerprint density at radius 2 is 1.67 bits per heavy atom. The normalized spacial score (nSPS) is 11.2. The van der Waals surface area contributed by atoms with Gasteiger partial charge in [0.05, 0.1) is 17.7 Å². The maximum Gasteiger partial charge on any atom is 0.270 e. The molecule has 10 heteroatoms. The minimum absolute atomic E-state index is 0.0403. The van der Waals surface area contributed by atoms with E-state index in [0.717, 1.165) is 0 Å². The fraction of sp³-hybridized carbons (Fsp3) is 0.0714. The number of sulfonamides is 1.